The molecule has 0 radical (unpaired) electrons. The molecule has 1 aromatic heterocycles. The fourth-order valence-corrected chi connectivity index (χ4v) is 1.44. The fourth-order valence-electron chi connectivity index (χ4n) is 1.44. The summed E-state index contributed by atoms with van der Waals surface area (Å²) in [5.74, 6) is 0.158. The first kappa shape index (κ1) is 10.8. The van der Waals surface area contributed by atoms with Crippen LogP contribution >= 0.6 is 0 Å². The summed E-state index contributed by atoms with van der Waals surface area (Å²) in [5, 5.41) is 19.4. The Labute approximate surface area is 84.6 Å². The summed E-state index contributed by atoms with van der Waals surface area (Å²) in [6.07, 6.45) is 1.80. The van der Waals surface area contributed by atoms with E-state index in [0.717, 1.165) is 5.56 Å². The Morgan fingerprint density at radius 3 is 2.14 bits per heavy atom. The van der Waals surface area contributed by atoms with Crippen LogP contribution in [0.3, 0.4) is 0 Å². The molecule has 0 bridgehead atoms. The van der Waals surface area contributed by atoms with Crippen LogP contribution in [0.4, 0.5) is 0 Å². The second-order valence-corrected chi connectivity index (χ2v) is 4.10. The fraction of sp³-hybridized carbons (Fsp3) is 0.545. The molecule has 0 aliphatic heterocycles. The van der Waals surface area contributed by atoms with Crippen LogP contribution < -0.4 is 4.57 Å². The predicted molar refractivity (Wildman–Crippen MR) is 54.4 cm³/mol. The van der Waals surface area contributed by atoms with Crippen LogP contribution in [0.15, 0.2) is 12.3 Å². The molecule has 78 valence electrons. The predicted octanol–water partition coefficient (Wildman–Crippen LogP) is 2.09. The van der Waals surface area contributed by atoms with Crippen LogP contribution in [0.1, 0.15) is 45.2 Å². The summed E-state index contributed by atoms with van der Waals surface area (Å²) in [7, 11) is 0. The van der Waals surface area contributed by atoms with Crippen molar-refractivity contribution < 1.29 is 14.8 Å². The summed E-state index contributed by atoms with van der Waals surface area (Å²) in [6, 6.07) is 1.99. The van der Waals surface area contributed by atoms with Crippen molar-refractivity contribution in [2.75, 3.05) is 0 Å². The first-order chi connectivity index (χ1) is 6.45. The Bertz CT molecular complexity index is 299. The number of pyridine rings is 1. The maximum Gasteiger partial charge on any atom is 0.409 e. The van der Waals surface area contributed by atoms with Gasteiger partial charge in [0.1, 0.15) is 0 Å². The molecule has 0 atom stereocenters. The number of aromatic nitrogens is 1. The maximum absolute atomic E-state index is 9.73. The Kier molecular flexibility index (Phi) is 2.99. The van der Waals surface area contributed by atoms with Crippen LogP contribution in [0.5, 0.6) is 11.6 Å². The van der Waals surface area contributed by atoms with Gasteiger partial charge in [0.15, 0.2) is 12.2 Å². The van der Waals surface area contributed by atoms with Crippen molar-refractivity contribution in [1.29, 1.82) is 0 Å². The van der Waals surface area contributed by atoms with Gasteiger partial charge in [-0.15, -0.1) is 0 Å². The molecule has 0 amide bonds. The van der Waals surface area contributed by atoms with Gasteiger partial charge in [-0.2, -0.15) is 4.57 Å². The van der Waals surface area contributed by atoms with Crippen LogP contribution in [0.25, 0.3) is 0 Å². The molecule has 0 unspecified atom stereocenters. The molecule has 0 saturated carbocycles. The lowest BCUT2D eigenvalue weighted by Gasteiger charge is -2.09. The molecule has 0 aliphatic rings. The van der Waals surface area contributed by atoms with E-state index in [0.29, 0.717) is 0 Å². The van der Waals surface area contributed by atoms with E-state index in [-0.39, 0.29) is 23.6 Å². The van der Waals surface area contributed by atoms with Gasteiger partial charge >= 0.3 is 5.88 Å². The van der Waals surface area contributed by atoms with Crippen LogP contribution in [0, 0.1) is 0 Å². The van der Waals surface area contributed by atoms with Crippen molar-refractivity contribution in [3.05, 3.63) is 17.8 Å². The second kappa shape index (κ2) is 3.86. The third-order valence-corrected chi connectivity index (χ3v) is 2.32. The van der Waals surface area contributed by atoms with Gasteiger partial charge in [0.2, 0.25) is 5.75 Å². The summed E-state index contributed by atoms with van der Waals surface area (Å²) in [6.45, 7) is 7.87. The largest absolute Gasteiger partial charge is 0.500 e. The quantitative estimate of drug-likeness (QED) is 0.711. The maximum atomic E-state index is 9.73. The van der Waals surface area contributed by atoms with Gasteiger partial charge < -0.3 is 10.2 Å². The third kappa shape index (κ3) is 1.81. The summed E-state index contributed by atoms with van der Waals surface area (Å²) in [4.78, 5) is 0. The lowest BCUT2D eigenvalue weighted by molar-refractivity contribution is -0.721. The average Bonchev–Trinajstić information content (AvgIpc) is 2.08. The molecule has 2 N–H and O–H groups in total. The molecule has 0 fully saturated rings. The molecule has 3 heteroatoms. The molecule has 14 heavy (non-hydrogen) atoms. The van der Waals surface area contributed by atoms with Gasteiger partial charge in [0, 0.05) is 11.6 Å². The third-order valence-electron chi connectivity index (χ3n) is 2.32. The molecule has 0 aromatic carbocycles. The first-order valence-corrected chi connectivity index (χ1v) is 4.91. The minimum Gasteiger partial charge on any atom is -0.500 e. The average molecular weight is 196 g/mol. The van der Waals surface area contributed by atoms with Crippen molar-refractivity contribution in [3.8, 4) is 11.6 Å². The van der Waals surface area contributed by atoms with E-state index in [1.165, 1.54) is 0 Å². The van der Waals surface area contributed by atoms with Gasteiger partial charge in [-0.05, 0) is 19.8 Å². The zero-order chi connectivity index (χ0) is 10.9. The van der Waals surface area contributed by atoms with E-state index < -0.39 is 0 Å². The molecule has 0 aliphatic carbocycles. The standard InChI is InChI=1S/C11H17NO2/c1-7(2)9-5-6-12(8(3)4)11(14)10(9)13/h5-8,13H,1-4H3/p+1. The number of hydrogen-bond donors (Lipinski definition) is 2. The van der Waals surface area contributed by atoms with Crippen LogP contribution in [0.2, 0.25) is 0 Å². The van der Waals surface area contributed by atoms with Crippen molar-refractivity contribution in [2.24, 2.45) is 0 Å². The van der Waals surface area contributed by atoms with E-state index in [4.69, 9.17) is 0 Å². The van der Waals surface area contributed by atoms with Crippen molar-refractivity contribution in [2.45, 2.75) is 39.7 Å². The van der Waals surface area contributed by atoms with E-state index in [9.17, 15) is 10.2 Å². The minimum atomic E-state index is -0.0498. The SMILES string of the molecule is CC(C)c1cc[n+](C(C)C)c(O)c1O. The molecule has 1 heterocycles. The number of nitrogens with zero attached hydrogens (tertiary/aromatic N) is 1. The van der Waals surface area contributed by atoms with E-state index in [1.807, 2.05) is 33.8 Å². The van der Waals surface area contributed by atoms with Crippen LogP contribution in [-0.4, -0.2) is 10.2 Å². The van der Waals surface area contributed by atoms with Crippen LogP contribution in [-0.2, 0) is 0 Å². The van der Waals surface area contributed by atoms with Gasteiger partial charge in [-0.1, -0.05) is 13.8 Å². The highest BCUT2D eigenvalue weighted by molar-refractivity contribution is 5.37. The van der Waals surface area contributed by atoms with Gasteiger partial charge in [-0.25, -0.2) is 0 Å². The second-order valence-electron chi connectivity index (χ2n) is 4.10. The minimum absolute atomic E-state index is 0.00352. The first-order valence-electron chi connectivity index (χ1n) is 4.91. The molecule has 1 rings (SSSR count). The van der Waals surface area contributed by atoms with Gasteiger partial charge in [-0.3, -0.25) is 0 Å². The van der Waals surface area contributed by atoms with Crippen molar-refractivity contribution in [3.63, 3.8) is 0 Å². The zero-order valence-electron chi connectivity index (χ0n) is 9.15. The van der Waals surface area contributed by atoms with E-state index in [2.05, 4.69) is 0 Å². The summed E-state index contributed by atoms with van der Waals surface area (Å²) < 4.78 is 1.64. The summed E-state index contributed by atoms with van der Waals surface area (Å²) in [5.41, 5.74) is 0.777. The molecule has 1 aromatic rings. The lowest BCUT2D eigenvalue weighted by atomic mass is 10.0. The van der Waals surface area contributed by atoms with Crippen molar-refractivity contribution >= 4 is 0 Å². The van der Waals surface area contributed by atoms with Gasteiger partial charge in [0.05, 0.1) is 0 Å². The zero-order valence-corrected chi connectivity index (χ0v) is 9.15. The summed E-state index contributed by atoms with van der Waals surface area (Å²) >= 11 is 0. The lowest BCUT2D eigenvalue weighted by Crippen LogP contribution is -2.35. The topological polar surface area (TPSA) is 44.3 Å². The van der Waals surface area contributed by atoms with E-state index >= 15 is 0 Å². The Morgan fingerprint density at radius 2 is 1.71 bits per heavy atom. The highest BCUT2D eigenvalue weighted by Crippen LogP contribution is 2.30. The number of aromatic hydroxyl groups is 2. The molecular formula is C11H18NO2+. The Morgan fingerprint density at radius 1 is 1.14 bits per heavy atom. The van der Waals surface area contributed by atoms with Crippen molar-refractivity contribution in [1.82, 2.24) is 0 Å². The molecular weight excluding hydrogens is 178 g/mol. The number of rotatable bonds is 2. The molecule has 3 nitrogen and oxygen atoms in total. The van der Waals surface area contributed by atoms with E-state index in [1.54, 1.807) is 10.8 Å². The van der Waals surface area contributed by atoms with Gasteiger partial charge in [0.25, 0.3) is 0 Å². The number of hydrogen-bond acceptors (Lipinski definition) is 2. The highest BCUT2D eigenvalue weighted by Gasteiger charge is 2.22. The highest BCUT2D eigenvalue weighted by atomic mass is 16.3. The molecule has 0 spiro atoms. The normalized spacial score (nSPS) is 11.3. The monoisotopic (exact) mass is 196 g/mol. The Balaban J connectivity index is 3.26. The molecule has 0 saturated heterocycles. The Hall–Kier alpha value is -1.25. The smallest absolute Gasteiger partial charge is 0.409 e.